The third kappa shape index (κ3) is 2.99. The molecular weight excluding hydrogens is 216 g/mol. The van der Waals surface area contributed by atoms with Gasteiger partial charge >= 0.3 is 0 Å². The quantitative estimate of drug-likeness (QED) is 0.721. The smallest absolute Gasteiger partial charge is 0.219 e. The second-order valence-corrected chi connectivity index (χ2v) is 5.93. The molecular formula is C13H24N2O2. The highest BCUT2D eigenvalue weighted by Crippen LogP contribution is 2.24. The van der Waals surface area contributed by atoms with Gasteiger partial charge < -0.3 is 9.64 Å². The normalized spacial score (nSPS) is 29.6. The number of amides is 1. The number of piperazine rings is 1. The molecule has 2 rings (SSSR count). The standard InChI is InChI=1S/C13H24N2O2/c1-11(16)14-5-6-15(13(2,3)10-14)8-12-4-7-17-9-12/h12H,4-10H2,1-3H3. The molecule has 0 bridgehead atoms. The first-order valence-corrected chi connectivity index (χ1v) is 6.57. The van der Waals surface area contributed by atoms with E-state index in [1.165, 1.54) is 6.42 Å². The summed E-state index contributed by atoms with van der Waals surface area (Å²) in [5.74, 6) is 0.875. The van der Waals surface area contributed by atoms with Crippen molar-refractivity contribution in [1.82, 2.24) is 9.80 Å². The molecule has 2 aliphatic heterocycles. The van der Waals surface area contributed by atoms with Gasteiger partial charge in [0.25, 0.3) is 0 Å². The Labute approximate surface area is 104 Å². The molecule has 4 nitrogen and oxygen atoms in total. The molecule has 1 unspecified atom stereocenters. The molecule has 0 saturated carbocycles. The van der Waals surface area contributed by atoms with Gasteiger partial charge in [-0.05, 0) is 26.2 Å². The largest absolute Gasteiger partial charge is 0.381 e. The Morgan fingerprint density at radius 3 is 2.71 bits per heavy atom. The lowest BCUT2D eigenvalue weighted by Gasteiger charge is -2.47. The van der Waals surface area contributed by atoms with Gasteiger partial charge in [-0.3, -0.25) is 9.69 Å². The van der Waals surface area contributed by atoms with E-state index < -0.39 is 0 Å². The lowest BCUT2D eigenvalue weighted by atomic mass is 9.96. The van der Waals surface area contributed by atoms with Crippen LogP contribution in [0.4, 0.5) is 0 Å². The zero-order valence-corrected chi connectivity index (χ0v) is 11.2. The van der Waals surface area contributed by atoms with Crippen LogP contribution < -0.4 is 0 Å². The third-order valence-electron chi connectivity index (χ3n) is 4.02. The highest BCUT2D eigenvalue weighted by atomic mass is 16.5. The average molecular weight is 240 g/mol. The van der Waals surface area contributed by atoms with E-state index in [4.69, 9.17) is 4.74 Å². The molecule has 0 aromatic carbocycles. The highest BCUT2D eigenvalue weighted by molar-refractivity contribution is 5.73. The highest BCUT2D eigenvalue weighted by Gasteiger charge is 2.36. The molecule has 98 valence electrons. The molecule has 1 atom stereocenters. The molecule has 0 aromatic rings. The maximum absolute atomic E-state index is 11.4. The SMILES string of the molecule is CC(=O)N1CCN(CC2CCOC2)C(C)(C)C1. The zero-order valence-electron chi connectivity index (χ0n) is 11.2. The first-order chi connectivity index (χ1) is 7.99. The first kappa shape index (κ1) is 12.8. The molecule has 0 aliphatic carbocycles. The topological polar surface area (TPSA) is 32.8 Å². The molecule has 17 heavy (non-hydrogen) atoms. The minimum atomic E-state index is 0.0898. The Morgan fingerprint density at radius 2 is 2.18 bits per heavy atom. The maximum Gasteiger partial charge on any atom is 0.219 e. The Kier molecular flexibility index (Phi) is 3.73. The molecule has 4 heteroatoms. The van der Waals surface area contributed by atoms with E-state index in [1.807, 2.05) is 4.90 Å². The summed E-state index contributed by atoms with van der Waals surface area (Å²) in [6.45, 7) is 11.8. The van der Waals surface area contributed by atoms with Gasteiger partial charge in [0.2, 0.25) is 5.91 Å². The Morgan fingerprint density at radius 1 is 1.41 bits per heavy atom. The van der Waals surface area contributed by atoms with Gasteiger partial charge in [0.15, 0.2) is 0 Å². The van der Waals surface area contributed by atoms with E-state index in [-0.39, 0.29) is 11.4 Å². The second kappa shape index (κ2) is 4.94. The summed E-state index contributed by atoms with van der Waals surface area (Å²) in [6, 6.07) is 0. The molecule has 0 radical (unpaired) electrons. The van der Waals surface area contributed by atoms with Crippen LogP contribution in [0.3, 0.4) is 0 Å². The summed E-state index contributed by atoms with van der Waals surface area (Å²) in [5, 5.41) is 0. The minimum Gasteiger partial charge on any atom is -0.381 e. The van der Waals surface area contributed by atoms with Crippen molar-refractivity contribution in [1.29, 1.82) is 0 Å². The van der Waals surface area contributed by atoms with Gasteiger partial charge in [0, 0.05) is 45.2 Å². The molecule has 2 fully saturated rings. The summed E-state index contributed by atoms with van der Waals surface area (Å²) in [5.41, 5.74) is 0.0898. The van der Waals surface area contributed by atoms with Crippen molar-refractivity contribution in [3.63, 3.8) is 0 Å². The van der Waals surface area contributed by atoms with Gasteiger partial charge in [-0.2, -0.15) is 0 Å². The first-order valence-electron chi connectivity index (χ1n) is 6.57. The van der Waals surface area contributed by atoms with Crippen LogP contribution in [0.15, 0.2) is 0 Å². The fraction of sp³-hybridized carbons (Fsp3) is 0.923. The molecule has 2 aliphatic rings. The van der Waals surface area contributed by atoms with Crippen LogP contribution in [0.5, 0.6) is 0 Å². The van der Waals surface area contributed by atoms with Gasteiger partial charge in [-0.25, -0.2) is 0 Å². The fourth-order valence-corrected chi connectivity index (χ4v) is 2.84. The van der Waals surface area contributed by atoms with E-state index in [9.17, 15) is 4.79 Å². The van der Waals surface area contributed by atoms with Crippen molar-refractivity contribution in [3.8, 4) is 0 Å². The summed E-state index contributed by atoms with van der Waals surface area (Å²) < 4.78 is 5.43. The van der Waals surface area contributed by atoms with Crippen LogP contribution in [0.25, 0.3) is 0 Å². The van der Waals surface area contributed by atoms with Gasteiger partial charge in [0.1, 0.15) is 0 Å². The van der Waals surface area contributed by atoms with Crippen molar-refractivity contribution in [2.24, 2.45) is 5.92 Å². The van der Waals surface area contributed by atoms with Crippen molar-refractivity contribution in [2.75, 3.05) is 39.4 Å². The van der Waals surface area contributed by atoms with E-state index in [0.29, 0.717) is 5.92 Å². The number of rotatable bonds is 2. The Hall–Kier alpha value is -0.610. The van der Waals surface area contributed by atoms with Crippen LogP contribution in [0.1, 0.15) is 27.2 Å². The Balaban J connectivity index is 1.92. The van der Waals surface area contributed by atoms with Crippen molar-refractivity contribution in [2.45, 2.75) is 32.7 Å². The summed E-state index contributed by atoms with van der Waals surface area (Å²) in [7, 11) is 0. The van der Waals surface area contributed by atoms with Crippen LogP contribution in [-0.4, -0.2) is 60.6 Å². The monoisotopic (exact) mass is 240 g/mol. The lowest BCUT2D eigenvalue weighted by molar-refractivity contribution is -0.134. The number of nitrogens with zero attached hydrogens (tertiary/aromatic N) is 2. The maximum atomic E-state index is 11.4. The summed E-state index contributed by atoms with van der Waals surface area (Å²) in [6.07, 6.45) is 1.18. The summed E-state index contributed by atoms with van der Waals surface area (Å²) >= 11 is 0. The summed E-state index contributed by atoms with van der Waals surface area (Å²) in [4.78, 5) is 15.9. The van der Waals surface area contributed by atoms with Gasteiger partial charge in [-0.1, -0.05) is 0 Å². The molecule has 2 saturated heterocycles. The van der Waals surface area contributed by atoms with E-state index in [2.05, 4.69) is 18.7 Å². The fourth-order valence-electron chi connectivity index (χ4n) is 2.84. The molecule has 0 N–H and O–H groups in total. The van der Waals surface area contributed by atoms with Crippen molar-refractivity contribution < 1.29 is 9.53 Å². The van der Waals surface area contributed by atoms with Crippen LogP contribution >= 0.6 is 0 Å². The number of hydrogen-bond acceptors (Lipinski definition) is 3. The number of ether oxygens (including phenoxy) is 1. The van der Waals surface area contributed by atoms with Gasteiger partial charge in [0.05, 0.1) is 6.61 Å². The molecule has 0 spiro atoms. The van der Waals surface area contributed by atoms with Gasteiger partial charge in [-0.15, -0.1) is 0 Å². The van der Waals surface area contributed by atoms with E-state index >= 15 is 0 Å². The number of carbonyl (C=O) groups is 1. The van der Waals surface area contributed by atoms with Crippen LogP contribution in [0, 0.1) is 5.92 Å². The molecule has 1 amide bonds. The predicted octanol–water partition coefficient (Wildman–Crippen LogP) is 0.966. The van der Waals surface area contributed by atoms with Crippen molar-refractivity contribution >= 4 is 5.91 Å². The average Bonchev–Trinajstić information content (AvgIpc) is 2.73. The molecule has 0 aromatic heterocycles. The predicted molar refractivity (Wildman–Crippen MR) is 66.8 cm³/mol. The van der Waals surface area contributed by atoms with Crippen LogP contribution in [0.2, 0.25) is 0 Å². The zero-order chi connectivity index (χ0) is 12.5. The van der Waals surface area contributed by atoms with Crippen molar-refractivity contribution in [3.05, 3.63) is 0 Å². The van der Waals surface area contributed by atoms with E-state index in [1.54, 1.807) is 6.92 Å². The lowest BCUT2D eigenvalue weighted by Crippen LogP contribution is -2.60. The third-order valence-corrected chi connectivity index (χ3v) is 4.02. The van der Waals surface area contributed by atoms with Crippen LogP contribution in [-0.2, 0) is 9.53 Å². The number of carbonyl (C=O) groups excluding carboxylic acids is 1. The Bertz CT molecular complexity index is 285. The second-order valence-electron chi connectivity index (χ2n) is 5.93. The number of hydrogen-bond donors (Lipinski definition) is 0. The molecule has 2 heterocycles. The minimum absolute atomic E-state index is 0.0898. The van der Waals surface area contributed by atoms with E-state index in [0.717, 1.165) is 39.4 Å².